The summed E-state index contributed by atoms with van der Waals surface area (Å²) in [4.78, 5) is 25.8. The Balaban J connectivity index is 1.53. The Morgan fingerprint density at radius 2 is 2.04 bits per heavy atom. The van der Waals surface area contributed by atoms with Crippen LogP contribution in [0.5, 0.6) is 0 Å². The lowest BCUT2D eigenvalue weighted by atomic mass is 9.84. The van der Waals surface area contributed by atoms with Gasteiger partial charge in [0.2, 0.25) is 0 Å². The zero-order valence-corrected chi connectivity index (χ0v) is 14.6. The minimum atomic E-state index is -0.433. The number of nitro groups is 1. The van der Waals surface area contributed by atoms with Crippen molar-refractivity contribution in [1.82, 2.24) is 10.2 Å². The van der Waals surface area contributed by atoms with Crippen LogP contribution in [0.4, 0.5) is 5.69 Å². The molecule has 0 spiro atoms. The molecule has 1 atom stereocenters. The molecule has 1 amide bonds. The number of nitro benzene ring substituents is 1. The van der Waals surface area contributed by atoms with Crippen LogP contribution in [0.15, 0.2) is 34.7 Å². The Labute approximate surface area is 151 Å². The van der Waals surface area contributed by atoms with Crippen molar-refractivity contribution in [2.24, 2.45) is 5.92 Å². The number of rotatable bonds is 4. The first-order valence-electron chi connectivity index (χ1n) is 8.90. The summed E-state index contributed by atoms with van der Waals surface area (Å²) in [5.74, 6) is 0.781. The molecule has 1 aromatic carbocycles. The standard InChI is InChI=1S/C19H21N3O4/c1-12-2-3-14(16(10-12)22(24)25)17-4-5-18(26-17)19(23)20-15-11-21-8-6-13(15)7-9-21/h2-5,10,13,15H,6-9,11H2,1H3,(H,20,23). The van der Waals surface area contributed by atoms with E-state index in [2.05, 4.69) is 10.2 Å². The third kappa shape index (κ3) is 3.10. The smallest absolute Gasteiger partial charge is 0.287 e. The molecule has 4 heterocycles. The van der Waals surface area contributed by atoms with Crippen molar-refractivity contribution in [3.8, 4) is 11.3 Å². The van der Waals surface area contributed by atoms with Crippen LogP contribution < -0.4 is 5.32 Å². The molecular weight excluding hydrogens is 334 g/mol. The summed E-state index contributed by atoms with van der Waals surface area (Å²) in [5.41, 5.74) is 1.15. The fourth-order valence-corrected chi connectivity index (χ4v) is 3.97. The summed E-state index contributed by atoms with van der Waals surface area (Å²) in [7, 11) is 0. The summed E-state index contributed by atoms with van der Waals surface area (Å²) in [6, 6.07) is 8.29. The monoisotopic (exact) mass is 355 g/mol. The highest BCUT2D eigenvalue weighted by molar-refractivity contribution is 5.92. The molecule has 1 aromatic heterocycles. The van der Waals surface area contributed by atoms with Crippen LogP contribution in [0.1, 0.15) is 29.0 Å². The molecule has 2 aromatic rings. The number of furan rings is 1. The first-order valence-corrected chi connectivity index (χ1v) is 8.90. The number of nitrogens with zero attached hydrogens (tertiary/aromatic N) is 2. The Morgan fingerprint density at radius 1 is 1.27 bits per heavy atom. The SMILES string of the molecule is Cc1ccc(-c2ccc(C(=O)NC3CN4CCC3CC4)o2)c([N+](=O)[O-])c1. The van der Waals surface area contributed by atoms with Gasteiger partial charge in [-0.1, -0.05) is 6.07 Å². The fraction of sp³-hybridized carbons (Fsp3) is 0.421. The summed E-state index contributed by atoms with van der Waals surface area (Å²) >= 11 is 0. The van der Waals surface area contributed by atoms with Gasteiger partial charge in [0.05, 0.1) is 10.5 Å². The molecule has 0 saturated carbocycles. The number of fused-ring (bicyclic) bond motifs is 3. The lowest BCUT2D eigenvalue weighted by molar-refractivity contribution is -0.384. The average Bonchev–Trinajstić information content (AvgIpc) is 3.12. The van der Waals surface area contributed by atoms with E-state index in [4.69, 9.17) is 4.42 Å². The van der Waals surface area contributed by atoms with Crippen molar-refractivity contribution in [3.63, 3.8) is 0 Å². The minimum Gasteiger partial charge on any atom is -0.451 e. The molecule has 3 saturated heterocycles. The molecule has 5 rings (SSSR count). The molecule has 7 nitrogen and oxygen atoms in total. The Bertz CT molecular complexity index is 852. The van der Waals surface area contributed by atoms with Crippen molar-refractivity contribution >= 4 is 11.6 Å². The van der Waals surface area contributed by atoms with E-state index in [0.29, 0.717) is 17.2 Å². The molecule has 3 aliphatic heterocycles. The largest absolute Gasteiger partial charge is 0.451 e. The van der Waals surface area contributed by atoms with Crippen LogP contribution in [-0.4, -0.2) is 41.4 Å². The first-order chi connectivity index (χ1) is 12.5. The molecule has 26 heavy (non-hydrogen) atoms. The van der Waals surface area contributed by atoms with E-state index in [1.807, 2.05) is 0 Å². The highest BCUT2D eigenvalue weighted by Crippen LogP contribution is 2.32. The molecule has 1 unspecified atom stereocenters. The van der Waals surface area contributed by atoms with E-state index in [-0.39, 0.29) is 23.4 Å². The van der Waals surface area contributed by atoms with E-state index in [1.165, 1.54) is 6.07 Å². The fourth-order valence-electron chi connectivity index (χ4n) is 3.97. The predicted molar refractivity (Wildman–Crippen MR) is 96.0 cm³/mol. The number of carbonyl (C=O) groups excluding carboxylic acids is 1. The van der Waals surface area contributed by atoms with Crippen LogP contribution in [0.2, 0.25) is 0 Å². The van der Waals surface area contributed by atoms with Crippen molar-refractivity contribution in [2.45, 2.75) is 25.8 Å². The number of piperidine rings is 3. The number of carbonyl (C=O) groups is 1. The van der Waals surface area contributed by atoms with Crippen molar-refractivity contribution in [3.05, 3.63) is 51.8 Å². The van der Waals surface area contributed by atoms with Crippen LogP contribution >= 0.6 is 0 Å². The van der Waals surface area contributed by atoms with E-state index in [0.717, 1.165) is 38.0 Å². The molecule has 0 aliphatic carbocycles. The van der Waals surface area contributed by atoms with Gasteiger partial charge < -0.3 is 14.6 Å². The van der Waals surface area contributed by atoms with Crippen LogP contribution in [-0.2, 0) is 0 Å². The van der Waals surface area contributed by atoms with Gasteiger partial charge in [0.1, 0.15) is 5.76 Å². The molecule has 3 fully saturated rings. The zero-order chi connectivity index (χ0) is 18.3. The summed E-state index contributed by atoms with van der Waals surface area (Å²) in [6.45, 7) is 4.90. The molecular formula is C19H21N3O4. The molecule has 2 bridgehead atoms. The number of benzene rings is 1. The summed E-state index contributed by atoms with van der Waals surface area (Å²) < 4.78 is 5.65. The lowest BCUT2D eigenvalue weighted by Gasteiger charge is -2.44. The van der Waals surface area contributed by atoms with Gasteiger partial charge in [-0.2, -0.15) is 0 Å². The summed E-state index contributed by atoms with van der Waals surface area (Å²) in [5, 5.41) is 14.4. The van der Waals surface area contributed by atoms with Gasteiger partial charge in [0, 0.05) is 18.7 Å². The van der Waals surface area contributed by atoms with Crippen molar-refractivity contribution in [1.29, 1.82) is 0 Å². The minimum absolute atomic E-state index is 0.0244. The van der Waals surface area contributed by atoms with E-state index >= 15 is 0 Å². The van der Waals surface area contributed by atoms with Gasteiger partial charge in [-0.3, -0.25) is 14.9 Å². The number of nitrogens with one attached hydrogen (secondary N) is 1. The molecule has 136 valence electrons. The molecule has 0 radical (unpaired) electrons. The Hall–Kier alpha value is -2.67. The normalized spacial score (nSPS) is 24.4. The highest BCUT2D eigenvalue weighted by atomic mass is 16.6. The third-order valence-electron chi connectivity index (χ3n) is 5.42. The first kappa shape index (κ1) is 16.8. The maximum absolute atomic E-state index is 12.5. The van der Waals surface area contributed by atoms with Gasteiger partial charge in [0.25, 0.3) is 11.6 Å². The molecule has 1 N–H and O–H groups in total. The number of hydrogen-bond acceptors (Lipinski definition) is 5. The predicted octanol–water partition coefficient (Wildman–Crippen LogP) is 2.99. The zero-order valence-electron chi connectivity index (χ0n) is 14.6. The Morgan fingerprint density at radius 3 is 2.69 bits per heavy atom. The van der Waals surface area contributed by atoms with E-state index < -0.39 is 4.92 Å². The van der Waals surface area contributed by atoms with Crippen LogP contribution in [0.3, 0.4) is 0 Å². The van der Waals surface area contributed by atoms with Crippen LogP contribution in [0, 0.1) is 23.0 Å². The maximum Gasteiger partial charge on any atom is 0.287 e. The lowest BCUT2D eigenvalue weighted by Crippen LogP contribution is -2.57. The second-order valence-electron chi connectivity index (χ2n) is 7.16. The Kier molecular flexibility index (Phi) is 4.24. The average molecular weight is 355 g/mol. The summed E-state index contributed by atoms with van der Waals surface area (Å²) in [6.07, 6.45) is 2.23. The third-order valence-corrected chi connectivity index (χ3v) is 5.42. The number of aryl methyl sites for hydroxylation is 1. The molecule has 3 aliphatic rings. The topological polar surface area (TPSA) is 88.6 Å². The van der Waals surface area contributed by atoms with E-state index in [9.17, 15) is 14.9 Å². The highest BCUT2D eigenvalue weighted by Gasteiger charge is 2.35. The van der Waals surface area contributed by atoms with Gasteiger partial charge in [0.15, 0.2) is 5.76 Å². The van der Waals surface area contributed by atoms with Crippen molar-refractivity contribution in [2.75, 3.05) is 19.6 Å². The van der Waals surface area contributed by atoms with Crippen LogP contribution in [0.25, 0.3) is 11.3 Å². The van der Waals surface area contributed by atoms with E-state index in [1.54, 1.807) is 31.2 Å². The number of amides is 1. The second-order valence-corrected chi connectivity index (χ2v) is 7.16. The maximum atomic E-state index is 12.5. The quantitative estimate of drug-likeness (QED) is 0.673. The number of hydrogen-bond donors (Lipinski definition) is 1. The van der Waals surface area contributed by atoms with Gasteiger partial charge >= 0.3 is 0 Å². The van der Waals surface area contributed by atoms with Gasteiger partial charge in [-0.25, -0.2) is 0 Å². The van der Waals surface area contributed by atoms with Gasteiger partial charge in [-0.15, -0.1) is 0 Å². The van der Waals surface area contributed by atoms with Gasteiger partial charge in [-0.05, 0) is 62.5 Å². The second kappa shape index (κ2) is 6.57. The molecule has 7 heteroatoms. The van der Waals surface area contributed by atoms with Crippen molar-refractivity contribution < 1.29 is 14.1 Å².